The molecule has 0 aliphatic rings. The molecule has 1 aromatic heterocycles. The summed E-state index contributed by atoms with van der Waals surface area (Å²) in [7, 11) is 0. The van der Waals surface area contributed by atoms with Crippen LogP contribution >= 0.6 is 0 Å². The molecule has 0 saturated carbocycles. The van der Waals surface area contributed by atoms with Gasteiger partial charge in [0.15, 0.2) is 5.78 Å². The Morgan fingerprint density at radius 3 is 2.35 bits per heavy atom. The first-order valence-corrected chi connectivity index (χ1v) is 5.70. The van der Waals surface area contributed by atoms with Gasteiger partial charge < -0.3 is 9.72 Å². The standard InChI is InChI=1S/C13H19NO3/c1-6-9-10(8(2)15)7-14-11(9)12(16)17-13(3,4)5/h7,14H,6H2,1-5H3. The monoisotopic (exact) mass is 237 g/mol. The van der Waals surface area contributed by atoms with E-state index in [1.54, 1.807) is 6.20 Å². The third-order valence-corrected chi connectivity index (χ3v) is 2.32. The van der Waals surface area contributed by atoms with Gasteiger partial charge in [-0.25, -0.2) is 4.79 Å². The van der Waals surface area contributed by atoms with Gasteiger partial charge >= 0.3 is 5.97 Å². The Morgan fingerprint density at radius 1 is 1.35 bits per heavy atom. The van der Waals surface area contributed by atoms with Crippen LogP contribution in [0.1, 0.15) is 61.0 Å². The van der Waals surface area contributed by atoms with Crippen LogP contribution in [0, 0.1) is 0 Å². The van der Waals surface area contributed by atoms with Gasteiger partial charge in [-0.15, -0.1) is 0 Å². The molecule has 0 fully saturated rings. The first-order chi connectivity index (χ1) is 7.76. The van der Waals surface area contributed by atoms with E-state index in [2.05, 4.69) is 4.98 Å². The number of esters is 1. The fourth-order valence-electron chi connectivity index (χ4n) is 1.65. The molecular formula is C13H19NO3. The number of carbonyl (C=O) groups is 2. The van der Waals surface area contributed by atoms with Crippen LogP contribution in [-0.4, -0.2) is 22.3 Å². The van der Waals surface area contributed by atoms with Gasteiger partial charge in [-0.05, 0) is 39.7 Å². The number of carbonyl (C=O) groups excluding carboxylic acids is 2. The number of ether oxygens (including phenoxy) is 1. The Hall–Kier alpha value is -1.58. The Bertz CT molecular complexity index is 438. The maximum absolute atomic E-state index is 11.9. The summed E-state index contributed by atoms with van der Waals surface area (Å²) in [6.07, 6.45) is 2.19. The fourth-order valence-corrected chi connectivity index (χ4v) is 1.65. The number of H-pyrrole nitrogens is 1. The van der Waals surface area contributed by atoms with Gasteiger partial charge in [0.25, 0.3) is 0 Å². The smallest absolute Gasteiger partial charge is 0.355 e. The van der Waals surface area contributed by atoms with Crippen molar-refractivity contribution in [3.63, 3.8) is 0 Å². The van der Waals surface area contributed by atoms with Crippen LogP contribution in [0.3, 0.4) is 0 Å². The molecule has 0 atom stereocenters. The van der Waals surface area contributed by atoms with Crippen molar-refractivity contribution >= 4 is 11.8 Å². The normalized spacial score (nSPS) is 11.4. The predicted molar refractivity (Wildman–Crippen MR) is 65.3 cm³/mol. The zero-order valence-corrected chi connectivity index (χ0v) is 11.0. The number of nitrogens with one attached hydrogen (secondary N) is 1. The second kappa shape index (κ2) is 4.73. The van der Waals surface area contributed by atoms with Crippen molar-refractivity contribution in [1.29, 1.82) is 0 Å². The summed E-state index contributed by atoms with van der Waals surface area (Å²) in [4.78, 5) is 26.1. The van der Waals surface area contributed by atoms with Gasteiger partial charge in [-0.2, -0.15) is 0 Å². The minimum Gasteiger partial charge on any atom is -0.455 e. The summed E-state index contributed by atoms with van der Waals surface area (Å²) >= 11 is 0. The van der Waals surface area contributed by atoms with E-state index in [-0.39, 0.29) is 5.78 Å². The second-order valence-electron chi connectivity index (χ2n) is 4.97. The zero-order valence-electron chi connectivity index (χ0n) is 11.0. The molecule has 0 spiro atoms. The lowest BCUT2D eigenvalue weighted by Crippen LogP contribution is -2.24. The predicted octanol–water partition coefficient (Wildman–Crippen LogP) is 2.74. The van der Waals surface area contributed by atoms with E-state index >= 15 is 0 Å². The van der Waals surface area contributed by atoms with Crippen LogP contribution in [0.25, 0.3) is 0 Å². The van der Waals surface area contributed by atoms with Crippen molar-refractivity contribution in [2.45, 2.75) is 46.6 Å². The van der Waals surface area contributed by atoms with E-state index in [1.165, 1.54) is 6.92 Å². The Balaban J connectivity index is 3.07. The van der Waals surface area contributed by atoms with E-state index in [0.29, 0.717) is 17.7 Å². The van der Waals surface area contributed by atoms with E-state index in [1.807, 2.05) is 27.7 Å². The fraction of sp³-hybridized carbons (Fsp3) is 0.538. The van der Waals surface area contributed by atoms with Gasteiger partial charge in [0.1, 0.15) is 11.3 Å². The van der Waals surface area contributed by atoms with E-state index in [0.717, 1.165) is 5.56 Å². The van der Waals surface area contributed by atoms with Gasteiger partial charge in [0, 0.05) is 11.8 Å². The third-order valence-electron chi connectivity index (χ3n) is 2.32. The molecule has 0 aliphatic heterocycles. The average molecular weight is 237 g/mol. The average Bonchev–Trinajstić information content (AvgIpc) is 2.57. The SMILES string of the molecule is CCc1c(C(C)=O)c[nH]c1C(=O)OC(C)(C)C. The number of hydrogen-bond acceptors (Lipinski definition) is 3. The Labute approximate surface area is 101 Å². The largest absolute Gasteiger partial charge is 0.455 e. The number of ketones is 1. The number of Topliss-reactive ketones (excluding diaryl/α,β-unsaturated/α-hetero) is 1. The lowest BCUT2D eigenvalue weighted by molar-refractivity contribution is 0.00624. The molecule has 1 rings (SSSR count). The third kappa shape index (κ3) is 3.19. The summed E-state index contributed by atoms with van der Waals surface area (Å²) in [5.41, 5.74) is 1.14. The molecule has 17 heavy (non-hydrogen) atoms. The minimum absolute atomic E-state index is 0.0482. The van der Waals surface area contributed by atoms with Gasteiger partial charge in [-0.3, -0.25) is 4.79 Å². The molecule has 0 aromatic carbocycles. The molecule has 4 heteroatoms. The maximum atomic E-state index is 11.9. The molecule has 4 nitrogen and oxygen atoms in total. The molecule has 0 unspecified atom stereocenters. The number of aromatic amines is 1. The maximum Gasteiger partial charge on any atom is 0.355 e. The van der Waals surface area contributed by atoms with Gasteiger partial charge in [0.2, 0.25) is 0 Å². The van der Waals surface area contributed by atoms with Crippen LogP contribution in [0.5, 0.6) is 0 Å². The highest BCUT2D eigenvalue weighted by molar-refractivity contribution is 6.00. The highest BCUT2D eigenvalue weighted by Crippen LogP contribution is 2.19. The van der Waals surface area contributed by atoms with E-state index < -0.39 is 11.6 Å². The highest BCUT2D eigenvalue weighted by Gasteiger charge is 2.23. The number of aromatic nitrogens is 1. The van der Waals surface area contributed by atoms with Crippen LogP contribution < -0.4 is 0 Å². The van der Waals surface area contributed by atoms with Crippen molar-refractivity contribution in [2.24, 2.45) is 0 Å². The summed E-state index contributed by atoms with van der Waals surface area (Å²) in [6, 6.07) is 0. The molecule has 0 amide bonds. The van der Waals surface area contributed by atoms with Crippen LogP contribution in [-0.2, 0) is 11.2 Å². The Morgan fingerprint density at radius 2 is 1.94 bits per heavy atom. The minimum atomic E-state index is -0.538. The number of rotatable bonds is 3. The first-order valence-electron chi connectivity index (χ1n) is 5.70. The van der Waals surface area contributed by atoms with Crippen LogP contribution in [0.2, 0.25) is 0 Å². The molecule has 1 N–H and O–H groups in total. The molecular weight excluding hydrogens is 218 g/mol. The van der Waals surface area contributed by atoms with Crippen molar-refractivity contribution in [1.82, 2.24) is 4.98 Å². The molecule has 94 valence electrons. The molecule has 0 saturated heterocycles. The Kier molecular flexibility index (Phi) is 3.76. The van der Waals surface area contributed by atoms with E-state index in [4.69, 9.17) is 4.74 Å². The summed E-state index contributed by atoms with van der Waals surface area (Å²) in [5.74, 6) is -0.463. The topological polar surface area (TPSA) is 59.2 Å². The molecule has 1 aromatic rings. The quantitative estimate of drug-likeness (QED) is 0.649. The van der Waals surface area contributed by atoms with Crippen molar-refractivity contribution in [3.05, 3.63) is 23.0 Å². The summed E-state index contributed by atoms with van der Waals surface area (Å²) in [6.45, 7) is 8.83. The summed E-state index contributed by atoms with van der Waals surface area (Å²) in [5, 5.41) is 0. The van der Waals surface area contributed by atoms with E-state index in [9.17, 15) is 9.59 Å². The van der Waals surface area contributed by atoms with Crippen molar-refractivity contribution in [3.8, 4) is 0 Å². The van der Waals surface area contributed by atoms with Gasteiger partial charge in [0.05, 0.1) is 0 Å². The van der Waals surface area contributed by atoms with Crippen molar-refractivity contribution < 1.29 is 14.3 Å². The van der Waals surface area contributed by atoms with Gasteiger partial charge in [-0.1, -0.05) is 6.92 Å². The lowest BCUT2D eigenvalue weighted by atomic mass is 10.1. The molecule has 0 aliphatic carbocycles. The molecule has 0 bridgehead atoms. The number of hydrogen-bond donors (Lipinski definition) is 1. The molecule has 0 radical (unpaired) electrons. The second-order valence-corrected chi connectivity index (χ2v) is 4.97. The van der Waals surface area contributed by atoms with Crippen molar-refractivity contribution in [2.75, 3.05) is 0 Å². The zero-order chi connectivity index (χ0) is 13.2. The highest BCUT2D eigenvalue weighted by atomic mass is 16.6. The first kappa shape index (κ1) is 13.5. The van der Waals surface area contributed by atoms with Crippen LogP contribution in [0.15, 0.2) is 6.20 Å². The molecule has 1 heterocycles. The summed E-state index contributed by atoms with van der Waals surface area (Å²) < 4.78 is 5.28. The van der Waals surface area contributed by atoms with Crippen LogP contribution in [0.4, 0.5) is 0 Å². The lowest BCUT2D eigenvalue weighted by Gasteiger charge is -2.19.